The molecule has 2 aromatic carbocycles. The van der Waals surface area contributed by atoms with Crippen LogP contribution in [0, 0.1) is 24.1 Å². The first kappa shape index (κ1) is 26.9. The molecular formula is C26H34FN7O2S. The Kier molecular flexibility index (Phi) is 7.77. The number of aromatic nitrogens is 3. The molecule has 0 amide bonds. The van der Waals surface area contributed by atoms with Crippen LogP contribution in [0.2, 0.25) is 0 Å². The van der Waals surface area contributed by atoms with E-state index in [-0.39, 0.29) is 29.5 Å². The fourth-order valence-corrected chi connectivity index (χ4v) is 6.29. The first-order valence-corrected chi connectivity index (χ1v) is 13.7. The van der Waals surface area contributed by atoms with Crippen LogP contribution in [-0.2, 0) is 17.1 Å². The molecule has 2 atom stereocenters. The van der Waals surface area contributed by atoms with Gasteiger partial charge in [-0.25, -0.2) is 12.8 Å². The molecule has 4 rings (SSSR count). The van der Waals surface area contributed by atoms with Gasteiger partial charge in [-0.15, -0.1) is 5.10 Å². The predicted molar refractivity (Wildman–Crippen MR) is 142 cm³/mol. The second-order valence-electron chi connectivity index (χ2n) is 10.0. The van der Waals surface area contributed by atoms with Gasteiger partial charge in [-0.3, -0.25) is 4.90 Å². The number of nitrogens with zero attached hydrogens (tertiary/aromatic N) is 5. The van der Waals surface area contributed by atoms with Crippen LogP contribution in [0.4, 0.5) is 15.8 Å². The number of piperazine rings is 1. The van der Waals surface area contributed by atoms with Gasteiger partial charge in [0.1, 0.15) is 5.82 Å². The molecule has 0 spiro atoms. The Bertz CT molecular complexity index is 1370. The summed E-state index contributed by atoms with van der Waals surface area (Å²) in [7, 11) is -2.23. The van der Waals surface area contributed by atoms with Crippen molar-refractivity contribution in [3.8, 4) is 0 Å². The van der Waals surface area contributed by atoms with E-state index in [2.05, 4.69) is 34.3 Å². The summed E-state index contributed by atoms with van der Waals surface area (Å²) in [4.78, 5) is 3.60. The number of anilines is 2. The minimum atomic E-state index is -3.82. The number of nitrogens with one attached hydrogen (secondary N) is 2. The molecule has 0 saturated carbocycles. The number of aryl methyl sites for hydroxylation is 2. The molecule has 1 fully saturated rings. The third kappa shape index (κ3) is 5.73. The molecule has 9 nitrogen and oxygen atoms in total. The third-order valence-corrected chi connectivity index (χ3v) is 8.34. The molecule has 3 aromatic rings. The molecule has 1 aliphatic heterocycles. The van der Waals surface area contributed by atoms with Crippen LogP contribution < -0.4 is 5.32 Å². The van der Waals surface area contributed by atoms with E-state index in [0.717, 1.165) is 23.4 Å². The van der Waals surface area contributed by atoms with Gasteiger partial charge >= 0.3 is 0 Å². The van der Waals surface area contributed by atoms with Crippen molar-refractivity contribution in [3.63, 3.8) is 0 Å². The second kappa shape index (κ2) is 10.7. The van der Waals surface area contributed by atoms with Gasteiger partial charge in [0.25, 0.3) is 10.0 Å². The molecular weight excluding hydrogens is 493 g/mol. The van der Waals surface area contributed by atoms with E-state index >= 15 is 0 Å². The second-order valence-corrected chi connectivity index (χ2v) is 11.9. The van der Waals surface area contributed by atoms with Crippen molar-refractivity contribution < 1.29 is 12.8 Å². The zero-order valence-corrected chi connectivity index (χ0v) is 22.6. The average Bonchev–Trinajstić information content (AvgIpc) is 3.29. The van der Waals surface area contributed by atoms with Crippen LogP contribution in [-0.4, -0.2) is 64.5 Å². The van der Waals surface area contributed by atoms with Gasteiger partial charge in [0.05, 0.1) is 6.20 Å². The molecule has 1 aliphatic rings. The van der Waals surface area contributed by atoms with E-state index in [4.69, 9.17) is 5.41 Å². The minimum absolute atomic E-state index is 0.0348. The van der Waals surface area contributed by atoms with E-state index in [1.165, 1.54) is 33.6 Å². The molecule has 11 heteroatoms. The topological polar surface area (TPSA) is 107 Å². The summed E-state index contributed by atoms with van der Waals surface area (Å²) >= 11 is 0. The predicted octanol–water partition coefficient (Wildman–Crippen LogP) is 4.10. The van der Waals surface area contributed by atoms with E-state index in [1.54, 1.807) is 19.2 Å². The molecule has 0 aliphatic carbocycles. The first-order chi connectivity index (χ1) is 17.5. The third-order valence-electron chi connectivity index (χ3n) is 6.65. The van der Waals surface area contributed by atoms with Gasteiger partial charge in [-0.05, 0) is 67.3 Å². The number of hydrogen-bond donors (Lipinski definition) is 2. The van der Waals surface area contributed by atoms with Crippen molar-refractivity contribution in [2.24, 2.45) is 13.0 Å². The first-order valence-electron chi connectivity index (χ1n) is 12.3. The number of halogens is 1. The van der Waals surface area contributed by atoms with Crippen molar-refractivity contribution in [2.75, 3.05) is 25.0 Å². The summed E-state index contributed by atoms with van der Waals surface area (Å²) < 4.78 is 41.8. The van der Waals surface area contributed by atoms with Gasteiger partial charge in [0, 0.05) is 61.9 Å². The number of hydrogen-bond acceptors (Lipinski definition) is 7. The Morgan fingerprint density at radius 1 is 1.22 bits per heavy atom. The summed E-state index contributed by atoms with van der Waals surface area (Å²) in [5, 5.41) is 19.3. The van der Waals surface area contributed by atoms with Crippen molar-refractivity contribution >= 4 is 27.6 Å². The van der Waals surface area contributed by atoms with E-state index in [9.17, 15) is 12.8 Å². The van der Waals surface area contributed by atoms with Gasteiger partial charge < -0.3 is 10.7 Å². The maximum atomic E-state index is 13.5. The Hall–Kier alpha value is -3.15. The SMILES string of the molecule is Cc1cc(Nc2ccc(F)cc2)c(C=N)cc1[C@@H]1CN(S(=O)(=O)c2cnn(C)n2)C[C@H](C)N1CC(C)C. The highest BCUT2D eigenvalue weighted by Crippen LogP contribution is 2.36. The lowest BCUT2D eigenvalue weighted by molar-refractivity contribution is 0.0558. The van der Waals surface area contributed by atoms with E-state index < -0.39 is 10.0 Å². The van der Waals surface area contributed by atoms with Crippen LogP contribution >= 0.6 is 0 Å². The Balaban J connectivity index is 1.73. The maximum absolute atomic E-state index is 13.5. The van der Waals surface area contributed by atoms with Crippen LogP contribution in [0.1, 0.15) is 43.5 Å². The van der Waals surface area contributed by atoms with Crippen LogP contribution in [0.5, 0.6) is 0 Å². The zero-order valence-electron chi connectivity index (χ0n) is 21.8. The largest absolute Gasteiger partial charge is 0.355 e. The molecule has 198 valence electrons. The molecule has 0 radical (unpaired) electrons. The maximum Gasteiger partial charge on any atom is 0.264 e. The van der Waals surface area contributed by atoms with Crippen molar-refractivity contribution in [2.45, 2.75) is 44.8 Å². The summed E-state index contributed by atoms with van der Waals surface area (Å²) in [5.74, 6) is 0.0667. The molecule has 37 heavy (non-hydrogen) atoms. The molecule has 1 saturated heterocycles. The van der Waals surface area contributed by atoms with Crippen molar-refractivity contribution in [1.82, 2.24) is 24.2 Å². The Morgan fingerprint density at radius 2 is 1.92 bits per heavy atom. The fourth-order valence-electron chi connectivity index (χ4n) is 4.88. The monoisotopic (exact) mass is 527 g/mol. The van der Waals surface area contributed by atoms with Crippen molar-refractivity contribution in [3.05, 3.63) is 65.1 Å². The lowest BCUT2D eigenvalue weighted by Crippen LogP contribution is -2.55. The normalized spacial score (nSPS) is 19.3. The van der Waals surface area contributed by atoms with Crippen LogP contribution in [0.3, 0.4) is 0 Å². The smallest absolute Gasteiger partial charge is 0.264 e. The Labute approximate surface area is 217 Å². The van der Waals surface area contributed by atoms with Gasteiger partial charge in [0.15, 0.2) is 0 Å². The minimum Gasteiger partial charge on any atom is -0.355 e. The highest BCUT2D eigenvalue weighted by atomic mass is 32.2. The molecule has 0 unspecified atom stereocenters. The number of rotatable bonds is 8. The molecule has 2 heterocycles. The van der Waals surface area contributed by atoms with Crippen LogP contribution in [0.25, 0.3) is 0 Å². The van der Waals surface area contributed by atoms with Crippen LogP contribution in [0.15, 0.2) is 47.6 Å². The summed E-state index contributed by atoms with van der Waals surface area (Å²) in [6, 6.07) is 9.73. The lowest BCUT2D eigenvalue weighted by Gasteiger charge is -2.46. The fraction of sp³-hybridized carbons (Fsp3) is 0.423. The van der Waals surface area contributed by atoms with Crippen molar-refractivity contribution in [1.29, 1.82) is 5.41 Å². The van der Waals surface area contributed by atoms with Gasteiger partial charge in [-0.2, -0.15) is 14.2 Å². The highest BCUT2D eigenvalue weighted by Gasteiger charge is 2.40. The lowest BCUT2D eigenvalue weighted by atomic mass is 9.93. The van der Waals surface area contributed by atoms with E-state index in [1.807, 2.05) is 26.0 Å². The highest BCUT2D eigenvalue weighted by molar-refractivity contribution is 7.89. The van der Waals surface area contributed by atoms with Gasteiger partial charge in [0.2, 0.25) is 5.03 Å². The molecule has 2 N–H and O–H groups in total. The summed E-state index contributed by atoms with van der Waals surface area (Å²) in [5.41, 5.74) is 4.04. The zero-order chi connectivity index (χ0) is 26.9. The average molecular weight is 528 g/mol. The van der Waals surface area contributed by atoms with E-state index in [0.29, 0.717) is 23.7 Å². The Morgan fingerprint density at radius 3 is 2.51 bits per heavy atom. The number of sulfonamides is 1. The standard InChI is InChI=1S/C26H34FN7O2S/c1-17(2)14-34-19(4)15-33(37(35,36)26-13-29-32(5)31-26)16-25(34)23-11-20(12-28)24(10-18(23)3)30-22-8-6-21(27)7-9-22/h6-13,17,19,25,28,30H,14-16H2,1-5H3/t19-,25-/m0/s1. The molecule has 1 aromatic heterocycles. The summed E-state index contributed by atoms with van der Waals surface area (Å²) in [6.07, 6.45) is 2.56. The molecule has 0 bridgehead atoms. The van der Waals surface area contributed by atoms with Gasteiger partial charge in [-0.1, -0.05) is 13.8 Å². The quantitative estimate of drug-likeness (QED) is 0.427. The summed E-state index contributed by atoms with van der Waals surface area (Å²) in [6.45, 7) is 9.76. The number of benzene rings is 2.